The number of aliphatic hydroxyl groups is 2. The van der Waals surface area contributed by atoms with Crippen LogP contribution in [0.4, 0.5) is 0 Å². The highest BCUT2D eigenvalue weighted by atomic mass is 17.2. The molecule has 31 heavy (non-hydrogen) atoms. The zero-order chi connectivity index (χ0) is 21.6. The van der Waals surface area contributed by atoms with Crippen molar-refractivity contribution in [3.05, 3.63) is 22.8 Å². The van der Waals surface area contributed by atoms with Crippen LogP contribution in [0.5, 0.6) is 0 Å². The minimum Gasteiger partial charge on any atom is -0.396 e. The fourth-order valence-corrected chi connectivity index (χ4v) is 9.09. The summed E-state index contributed by atoms with van der Waals surface area (Å²) in [5, 5.41) is 21.3. The molecule has 1 saturated heterocycles. The van der Waals surface area contributed by atoms with Crippen LogP contribution in [0.1, 0.15) is 85.0 Å². The van der Waals surface area contributed by atoms with Crippen LogP contribution in [0.15, 0.2) is 22.8 Å². The van der Waals surface area contributed by atoms with Crippen molar-refractivity contribution in [1.29, 1.82) is 0 Å². The van der Waals surface area contributed by atoms with Gasteiger partial charge in [-0.1, -0.05) is 32.4 Å². The maximum absolute atomic E-state index is 11.8. The standard InChI is InChI=1S/C27H40O4/c1-24(2)15-26(31-30-16-24)11-8-18-17(14-26)5-6-20-19(18)7-10-25(3)23(20)21-13-22(21)27(25,29)9-4-12-28/h7,20-23,28-29H,4-6,8-16H2,1-3H3/t20-,21-,22+,23-,25+,26?,27-/m1/s1. The van der Waals surface area contributed by atoms with E-state index < -0.39 is 5.60 Å². The van der Waals surface area contributed by atoms with E-state index in [0.29, 0.717) is 30.3 Å². The van der Waals surface area contributed by atoms with Crippen LogP contribution in [0.25, 0.3) is 0 Å². The number of hydrogen-bond acceptors (Lipinski definition) is 4. The van der Waals surface area contributed by atoms with Crippen LogP contribution in [-0.2, 0) is 9.78 Å². The monoisotopic (exact) mass is 428 g/mol. The summed E-state index contributed by atoms with van der Waals surface area (Å²) in [6.07, 6.45) is 12.9. The lowest BCUT2D eigenvalue weighted by molar-refractivity contribution is -0.406. The largest absolute Gasteiger partial charge is 0.396 e. The van der Waals surface area contributed by atoms with Crippen molar-refractivity contribution in [2.24, 2.45) is 34.5 Å². The van der Waals surface area contributed by atoms with Gasteiger partial charge in [0.2, 0.25) is 0 Å². The van der Waals surface area contributed by atoms with Gasteiger partial charge in [-0.2, -0.15) is 0 Å². The molecule has 2 saturated carbocycles. The van der Waals surface area contributed by atoms with Crippen LogP contribution in [0.3, 0.4) is 0 Å². The molecule has 6 aliphatic rings. The summed E-state index contributed by atoms with van der Waals surface area (Å²) in [5.74, 6) is 2.38. The summed E-state index contributed by atoms with van der Waals surface area (Å²) >= 11 is 0. The molecule has 5 aliphatic carbocycles. The summed E-state index contributed by atoms with van der Waals surface area (Å²) < 4.78 is 0. The lowest BCUT2D eigenvalue weighted by Crippen LogP contribution is -2.52. The van der Waals surface area contributed by atoms with E-state index in [1.165, 1.54) is 19.3 Å². The molecule has 7 atom stereocenters. The summed E-state index contributed by atoms with van der Waals surface area (Å²) in [4.78, 5) is 11.6. The number of rotatable bonds is 3. The Morgan fingerprint density at radius 3 is 2.81 bits per heavy atom. The molecule has 0 bridgehead atoms. The minimum absolute atomic E-state index is 0.0256. The van der Waals surface area contributed by atoms with E-state index in [1.807, 2.05) is 0 Å². The van der Waals surface area contributed by atoms with Gasteiger partial charge in [0.05, 0.1) is 12.2 Å². The highest BCUT2D eigenvalue weighted by Crippen LogP contribution is 2.75. The Balaban J connectivity index is 1.30. The van der Waals surface area contributed by atoms with Crippen molar-refractivity contribution in [1.82, 2.24) is 0 Å². The van der Waals surface area contributed by atoms with E-state index >= 15 is 0 Å². The van der Waals surface area contributed by atoms with Crippen LogP contribution >= 0.6 is 0 Å². The first-order chi connectivity index (χ1) is 14.7. The predicted octanol–water partition coefficient (Wildman–Crippen LogP) is 5.10. The van der Waals surface area contributed by atoms with Gasteiger partial charge in [-0.05, 0) is 98.0 Å². The van der Waals surface area contributed by atoms with Gasteiger partial charge in [-0.25, -0.2) is 9.78 Å². The highest BCUT2D eigenvalue weighted by Gasteiger charge is 2.74. The molecule has 0 amide bonds. The van der Waals surface area contributed by atoms with E-state index in [1.54, 1.807) is 16.7 Å². The molecule has 2 N–H and O–H groups in total. The molecule has 0 aromatic heterocycles. The second-order valence-corrected chi connectivity index (χ2v) is 12.8. The third-order valence-electron chi connectivity index (χ3n) is 10.3. The van der Waals surface area contributed by atoms with Crippen molar-refractivity contribution in [2.75, 3.05) is 13.2 Å². The van der Waals surface area contributed by atoms with E-state index in [9.17, 15) is 10.2 Å². The zero-order valence-corrected chi connectivity index (χ0v) is 19.6. The van der Waals surface area contributed by atoms with Crippen molar-refractivity contribution in [2.45, 2.75) is 96.2 Å². The molecule has 172 valence electrons. The van der Waals surface area contributed by atoms with E-state index in [4.69, 9.17) is 9.78 Å². The van der Waals surface area contributed by atoms with Gasteiger partial charge in [0, 0.05) is 18.4 Å². The quantitative estimate of drug-likeness (QED) is 0.614. The lowest BCUT2D eigenvalue weighted by atomic mass is 9.53. The molecule has 1 spiro atoms. The number of fused-ring (bicyclic) bond motifs is 6. The lowest BCUT2D eigenvalue weighted by Gasteiger charge is -2.54. The Morgan fingerprint density at radius 1 is 1.19 bits per heavy atom. The van der Waals surface area contributed by atoms with Gasteiger partial charge in [-0.15, -0.1) is 0 Å². The van der Waals surface area contributed by atoms with Gasteiger partial charge in [-0.3, -0.25) is 0 Å². The van der Waals surface area contributed by atoms with Crippen molar-refractivity contribution in [3.63, 3.8) is 0 Å². The Bertz CT molecular complexity index is 842. The molecule has 0 aromatic rings. The van der Waals surface area contributed by atoms with Gasteiger partial charge in [0.25, 0.3) is 0 Å². The number of allylic oxidation sites excluding steroid dienone is 3. The third-order valence-corrected chi connectivity index (χ3v) is 10.3. The van der Waals surface area contributed by atoms with Gasteiger partial charge in [0.1, 0.15) is 5.60 Å². The smallest absolute Gasteiger partial charge is 0.108 e. The average molecular weight is 429 g/mol. The molecule has 4 heteroatoms. The summed E-state index contributed by atoms with van der Waals surface area (Å²) in [5.41, 5.74) is 4.34. The van der Waals surface area contributed by atoms with Crippen LogP contribution in [0.2, 0.25) is 0 Å². The third kappa shape index (κ3) is 2.87. The van der Waals surface area contributed by atoms with E-state index in [2.05, 4.69) is 26.8 Å². The van der Waals surface area contributed by atoms with Crippen molar-refractivity contribution >= 4 is 0 Å². The topological polar surface area (TPSA) is 58.9 Å². The van der Waals surface area contributed by atoms with Crippen LogP contribution in [0, 0.1) is 34.5 Å². The summed E-state index contributed by atoms with van der Waals surface area (Å²) in [6, 6.07) is 0. The minimum atomic E-state index is -0.586. The second kappa shape index (κ2) is 6.68. The average Bonchev–Trinajstić information content (AvgIpc) is 3.47. The molecule has 1 aliphatic heterocycles. The first-order valence-corrected chi connectivity index (χ1v) is 12.8. The zero-order valence-electron chi connectivity index (χ0n) is 19.6. The fraction of sp³-hybridized carbons (Fsp3) is 0.852. The molecular formula is C27H40O4. The first kappa shape index (κ1) is 20.9. The van der Waals surface area contributed by atoms with Gasteiger partial charge < -0.3 is 10.2 Å². The SMILES string of the molecule is CC1(C)COOC2(CCC3=C(CC[C@@H]4C3=CC[C@@]3(C)[C@H]4[C@@H]4C[C@@H]4[C@]3(O)CCCO)C2)C1. The Morgan fingerprint density at radius 2 is 2.03 bits per heavy atom. The first-order valence-electron chi connectivity index (χ1n) is 12.8. The molecular weight excluding hydrogens is 388 g/mol. The maximum atomic E-state index is 11.8. The molecule has 1 heterocycles. The Labute approximate surface area is 187 Å². The molecule has 0 aromatic carbocycles. The fourth-order valence-electron chi connectivity index (χ4n) is 9.09. The van der Waals surface area contributed by atoms with E-state index in [-0.39, 0.29) is 23.0 Å². The summed E-state index contributed by atoms with van der Waals surface area (Å²) in [6.45, 7) is 7.84. The molecule has 6 rings (SSSR count). The molecule has 4 nitrogen and oxygen atoms in total. The Kier molecular flexibility index (Phi) is 4.50. The highest BCUT2D eigenvalue weighted by molar-refractivity contribution is 5.46. The molecule has 3 fully saturated rings. The second-order valence-electron chi connectivity index (χ2n) is 12.8. The Hall–Kier alpha value is -0.680. The van der Waals surface area contributed by atoms with Crippen molar-refractivity contribution in [3.8, 4) is 0 Å². The van der Waals surface area contributed by atoms with Crippen LogP contribution < -0.4 is 0 Å². The predicted molar refractivity (Wildman–Crippen MR) is 119 cm³/mol. The van der Waals surface area contributed by atoms with Crippen LogP contribution in [-0.4, -0.2) is 34.6 Å². The number of hydrogen-bond donors (Lipinski definition) is 2. The molecule has 0 radical (unpaired) electrons. The normalized spacial score (nSPS) is 49.8. The number of aliphatic hydroxyl groups excluding tert-OH is 1. The summed E-state index contributed by atoms with van der Waals surface area (Å²) in [7, 11) is 0. The molecule has 1 unspecified atom stereocenters. The van der Waals surface area contributed by atoms with Crippen molar-refractivity contribution < 1.29 is 20.0 Å². The van der Waals surface area contributed by atoms with Gasteiger partial charge in [0.15, 0.2) is 0 Å². The van der Waals surface area contributed by atoms with E-state index in [0.717, 1.165) is 44.9 Å². The van der Waals surface area contributed by atoms with Gasteiger partial charge >= 0.3 is 0 Å². The maximum Gasteiger partial charge on any atom is 0.108 e.